The second-order valence-electron chi connectivity index (χ2n) is 4.31. The first-order valence-electron chi connectivity index (χ1n) is 5.87. The Kier molecular flexibility index (Phi) is 5.28. The largest absolute Gasteiger partial charge is 0.490 e. The van der Waals surface area contributed by atoms with Crippen LogP contribution in [0.2, 0.25) is 5.02 Å². The van der Waals surface area contributed by atoms with Gasteiger partial charge in [0.25, 0.3) is 0 Å². The molecule has 1 unspecified atom stereocenters. The summed E-state index contributed by atoms with van der Waals surface area (Å²) in [6.07, 6.45) is 1.06. The highest BCUT2D eigenvalue weighted by molar-refractivity contribution is 6.32. The maximum Gasteiger partial charge on any atom is 0.142 e. The van der Waals surface area contributed by atoms with Gasteiger partial charge in [-0.25, -0.2) is 0 Å². The second kappa shape index (κ2) is 6.50. The molecule has 3 N–H and O–H groups in total. The predicted molar refractivity (Wildman–Crippen MR) is 73.7 cm³/mol. The van der Waals surface area contributed by atoms with Crippen molar-refractivity contribution in [2.24, 2.45) is 10.9 Å². The minimum Gasteiger partial charge on any atom is -0.490 e. The second-order valence-corrected chi connectivity index (χ2v) is 4.69. The van der Waals surface area contributed by atoms with E-state index in [-0.39, 0.29) is 11.9 Å². The van der Waals surface area contributed by atoms with E-state index in [4.69, 9.17) is 27.3 Å². The molecule has 0 amide bonds. The number of benzene rings is 1. The molecule has 0 fully saturated rings. The molecule has 100 valence electrons. The summed E-state index contributed by atoms with van der Waals surface area (Å²) in [4.78, 5) is 0. The summed E-state index contributed by atoms with van der Waals surface area (Å²) < 4.78 is 5.82. The van der Waals surface area contributed by atoms with Gasteiger partial charge in [-0.3, -0.25) is 0 Å². The van der Waals surface area contributed by atoms with Crippen molar-refractivity contribution in [2.75, 3.05) is 0 Å². The molecular weight excluding hydrogens is 252 g/mol. The van der Waals surface area contributed by atoms with Gasteiger partial charge in [-0.1, -0.05) is 23.7 Å². The Morgan fingerprint density at radius 3 is 2.44 bits per heavy atom. The van der Waals surface area contributed by atoms with Crippen LogP contribution in [0.3, 0.4) is 0 Å². The van der Waals surface area contributed by atoms with E-state index in [1.165, 1.54) is 0 Å². The fourth-order valence-electron chi connectivity index (χ4n) is 1.71. The number of aryl methyl sites for hydroxylation is 2. The Morgan fingerprint density at radius 2 is 2.00 bits per heavy atom. The molecular formula is C13H19ClN2O2. The third-order valence-corrected chi connectivity index (χ3v) is 3.33. The summed E-state index contributed by atoms with van der Waals surface area (Å²) in [5, 5.41) is 12.3. The number of rotatable bonds is 5. The first-order chi connectivity index (χ1) is 8.47. The van der Waals surface area contributed by atoms with Crippen molar-refractivity contribution in [3.63, 3.8) is 0 Å². The normalized spacial score (nSPS) is 13.4. The summed E-state index contributed by atoms with van der Waals surface area (Å²) in [6, 6.07) is 3.79. The summed E-state index contributed by atoms with van der Waals surface area (Å²) in [7, 11) is 0. The van der Waals surface area contributed by atoms with Crippen LogP contribution in [0.4, 0.5) is 0 Å². The lowest BCUT2D eigenvalue weighted by molar-refractivity contribution is 0.202. The van der Waals surface area contributed by atoms with Crippen LogP contribution in [-0.4, -0.2) is 17.1 Å². The van der Waals surface area contributed by atoms with Crippen LogP contribution in [0.25, 0.3) is 0 Å². The van der Waals surface area contributed by atoms with Gasteiger partial charge in [-0.15, -0.1) is 0 Å². The van der Waals surface area contributed by atoms with E-state index in [9.17, 15) is 0 Å². The summed E-state index contributed by atoms with van der Waals surface area (Å²) in [5.41, 5.74) is 7.44. The molecule has 5 heteroatoms. The predicted octanol–water partition coefficient (Wildman–Crippen LogP) is 3.25. The number of oxime groups is 1. The SMILES string of the molecule is CCC(C/C(N)=N/O)Oc1cc(C)c(Cl)c(C)c1. The Bertz CT molecular complexity index is 424. The molecule has 0 radical (unpaired) electrons. The van der Waals surface area contributed by atoms with Crippen LogP contribution in [0.1, 0.15) is 30.9 Å². The molecule has 1 rings (SSSR count). The quantitative estimate of drug-likeness (QED) is 0.373. The van der Waals surface area contributed by atoms with Gasteiger partial charge >= 0.3 is 0 Å². The third-order valence-electron chi connectivity index (χ3n) is 2.73. The molecule has 1 aromatic rings. The number of halogens is 1. The zero-order valence-corrected chi connectivity index (χ0v) is 11.7. The average Bonchev–Trinajstić information content (AvgIpc) is 2.34. The molecule has 0 bridgehead atoms. The number of hydrogen-bond donors (Lipinski definition) is 2. The molecule has 1 atom stereocenters. The van der Waals surface area contributed by atoms with E-state index >= 15 is 0 Å². The van der Waals surface area contributed by atoms with E-state index < -0.39 is 0 Å². The van der Waals surface area contributed by atoms with E-state index in [0.717, 1.165) is 28.3 Å². The monoisotopic (exact) mass is 270 g/mol. The van der Waals surface area contributed by atoms with Crippen molar-refractivity contribution < 1.29 is 9.94 Å². The Balaban J connectivity index is 2.82. The van der Waals surface area contributed by atoms with Crippen molar-refractivity contribution in [1.29, 1.82) is 0 Å². The van der Waals surface area contributed by atoms with E-state index in [1.54, 1.807) is 0 Å². The fraction of sp³-hybridized carbons (Fsp3) is 0.462. The van der Waals surface area contributed by atoms with Crippen LogP contribution < -0.4 is 10.5 Å². The highest BCUT2D eigenvalue weighted by Crippen LogP contribution is 2.27. The number of ether oxygens (including phenoxy) is 1. The molecule has 0 aliphatic heterocycles. The molecule has 0 saturated heterocycles. The smallest absolute Gasteiger partial charge is 0.142 e. The van der Waals surface area contributed by atoms with Gasteiger partial charge in [-0.05, 0) is 43.5 Å². The van der Waals surface area contributed by atoms with E-state index in [2.05, 4.69) is 5.16 Å². The molecule has 0 aromatic heterocycles. The fourth-order valence-corrected chi connectivity index (χ4v) is 1.82. The molecule has 0 aliphatic carbocycles. The molecule has 1 aromatic carbocycles. The van der Waals surface area contributed by atoms with Gasteiger partial charge in [-0.2, -0.15) is 0 Å². The van der Waals surface area contributed by atoms with Crippen molar-refractivity contribution >= 4 is 17.4 Å². The minimum atomic E-state index is -0.110. The van der Waals surface area contributed by atoms with Crippen LogP contribution in [0, 0.1) is 13.8 Å². The van der Waals surface area contributed by atoms with Crippen molar-refractivity contribution in [2.45, 2.75) is 39.7 Å². The number of nitrogens with zero attached hydrogens (tertiary/aromatic N) is 1. The van der Waals surface area contributed by atoms with Crippen LogP contribution in [-0.2, 0) is 0 Å². The minimum absolute atomic E-state index is 0.110. The lowest BCUT2D eigenvalue weighted by Crippen LogP contribution is -2.24. The van der Waals surface area contributed by atoms with Crippen LogP contribution >= 0.6 is 11.6 Å². The highest BCUT2D eigenvalue weighted by atomic mass is 35.5. The molecule has 18 heavy (non-hydrogen) atoms. The van der Waals surface area contributed by atoms with Gasteiger partial charge in [0.15, 0.2) is 0 Å². The highest BCUT2D eigenvalue weighted by Gasteiger charge is 2.12. The molecule has 0 heterocycles. The number of amidine groups is 1. The number of hydrogen-bond acceptors (Lipinski definition) is 3. The van der Waals surface area contributed by atoms with E-state index in [1.807, 2.05) is 32.9 Å². The summed E-state index contributed by atoms with van der Waals surface area (Å²) in [6.45, 7) is 5.87. The average molecular weight is 271 g/mol. The first kappa shape index (κ1) is 14.6. The third kappa shape index (κ3) is 3.81. The topological polar surface area (TPSA) is 67.8 Å². The Morgan fingerprint density at radius 1 is 1.44 bits per heavy atom. The van der Waals surface area contributed by atoms with Crippen LogP contribution in [0.15, 0.2) is 17.3 Å². The van der Waals surface area contributed by atoms with Crippen molar-refractivity contribution in [1.82, 2.24) is 0 Å². The molecule has 0 aliphatic rings. The number of nitrogens with two attached hydrogens (primary N) is 1. The lowest BCUT2D eigenvalue weighted by atomic mass is 10.1. The van der Waals surface area contributed by atoms with Gasteiger partial charge < -0.3 is 15.7 Å². The standard InChI is InChI=1S/C13H19ClN2O2/c1-4-10(7-12(15)16-17)18-11-5-8(2)13(14)9(3)6-11/h5-6,10,17H,4,7H2,1-3H3,(H2,15,16). The maximum atomic E-state index is 8.56. The molecule has 0 spiro atoms. The van der Waals surface area contributed by atoms with Gasteiger partial charge in [0, 0.05) is 11.4 Å². The Hall–Kier alpha value is -1.42. The van der Waals surface area contributed by atoms with E-state index in [0.29, 0.717) is 6.42 Å². The zero-order chi connectivity index (χ0) is 13.7. The Labute approximate surface area is 112 Å². The van der Waals surface area contributed by atoms with Gasteiger partial charge in [0.2, 0.25) is 0 Å². The van der Waals surface area contributed by atoms with Crippen molar-refractivity contribution in [3.05, 3.63) is 28.3 Å². The zero-order valence-electron chi connectivity index (χ0n) is 10.9. The van der Waals surface area contributed by atoms with Crippen molar-refractivity contribution in [3.8, 4) is 5.75 Å². The maximum absolute atomic E-state index is 8.56. The summed E-state index contributed by atoms with van der Waals surface area (Å²) >= 11 is 6.10. The van der Waals surface area contributed by atoms with Crippen LogP contribution in [0.5, 0.6) is 5.75 Å². The molecule has 4 nitrogen and oxygen atoms in total. The first-order valence-corrected chi connectivity index (χ1v) is 6.25. The van der Waals surface area contributed by atoms with Gasteiger partial charge in [0.05, 0.1) is 0 Å². The van der Waals surface area contributed by atoms with Gasteiger partial charge in [0.1, 0.15) is 17.7 Å². The summed E-state index contributed by atoms with van der Waals surface area (Å²) in [5.74, 6) is 0.927. The lowest BCUT2D eigenvalue weighted by Gasteiger charge is -2.18. The molecule has 0 saturated carbocycles.